The van der Waals surface area contributed by atoms with E-state index in [-0.39, 0.29) is 0 Å². The van der Waals surface area contributed by atoms with Crippen molar-refractivity contribution in [2.45, 2.75) is 25.9 Å². The molecule has 0 amide bonds. The average molecular weight is 213 g/mol. The minimum Gasteiger partial charge on any atom is -0.289 e. The predicted molar refractivity (Wildman–Crippen MR) is 69.2 cm³/mol. The molecule has 0 aromatic heterocycles. The molecule has 16 heavy (non-hydrogen) atoms. The Kier molecular flexibility index (Phi) is 3.95. The molecule has 1 nitrogen and oxygen atoms in total. The Bertz CT molecular complexity index is 364. The molecule has 1 atom stereocenters. The summed E-state index contributed by atoms with van der Waals surface area (Å²) in [7, 11) is 0. The maximum absolute atomic E-state index is 2.51. The van der Waals surface area contributed by atoms with Gasteiger partial charge < -0.3 is 0 Å². The Hall–Kier alpha value is -1.34. The number of hydrogen-bond acceptors (Lipinski definition) is 1. The summed E-state index contributed by atoms with van der Waals surface area (Å²) in [5.74, 6) is 0. The second-order valence-electron chi connectivity index (χ2n) is 4.19. The van der Waals surface area contributed by atoms with Crippen molar-refractivity contribution in [1.29, 1.82) is 0 Å². The monoisotopic (exact) mass is 213 g/mol. The van der Waals surface area contributed by atoms with E-state index in [0.29, 0.717) is 6.04 Å². The lowest BCUT2D eigenvalue weighted by atomic mass is 10.1. The molecule has 0 N–H and O–H groups in total. The largest absolute Gasteiger partial charge is 0.289 e. The van der Waals surface area contributed by atoms with Crippen LogP contribution in [0.5, 0.6) is 0 Å². The molecule has 1 heteroatoms. The van der Waals surface area contributed by atoms with Crippen LogP contribution >= 0.6 is 0 Å². The third-order valence-electron chi connectivity index (χ3n) is 2.96. The number of hydrogen-bond donors (Lipinski definition) is 0. The quantitative estimate of drug-likeness (QED) is 0.696. The van der Waals surface area contributed by atoms with Gasteiger partial charge in [-0.25, -0.2) is 0 Å². The normalized spacial score (nSPS) is 21.7. The van der Waals surface area contributed by atoms with E-state index < -0.39 is 0 Å². The van der Waals surface area contributed by atoms with Gasteiger partial charge in [-0.1, -0.05) is 54.6 Å². The van der Waals surface area contributed by atoms with E-state index in [1.807, 2.05) is 0 Å². The van der Waals surface area contributed by atoms with Gasteiger partial charge in [0.15, 0.2) is 0 Å². The minimum atomic E-state index is 0.471. The fourth-order valence-corrected chi connectivity index (χ4v) is 2.13. The van der Waals surface area contributed by atoms with Crippen LogP contribution in [-0.2, 0) is 6.54 Å². The van der Waals surface area contributed by atoms with Gasteiger partial charge in [0.1, 0.15) is 0 Å². The summed E-state index contributed by atoms with van der Waals surface area (Å²) in [6, 6.07) is 11.2. The number of rotatable bonds is 3. The molecule has 0 fully saturated rings. The van der Waals surface area contributed by atoms with Gasteiger partial charge in [-0.2, -0.15) is 0 Å². The van der Waals surface area contributed by atoms with Crippen molar-refractivity contribution >= 4 is 0 Å². The van der Waals surface area contributed by atoms with Gasteiger partial charge in [-0.3, -0.25) is 4.90 Å². The second-order valence-corrected chi connectivity index (χ2v) is 4.19. The highest BCUT2D eigenvalue weighted by Crippen LogP contribution is 2.15. The molecule has 0 unspecified atom stereocenters. The van der Waals surface area contributed by atoms with E-state index >= 15 is 0 Å². The van der Waals surface area contributed by atoms with Crippen molar-refractivity contribution in [2.24, 2.45) is 0 Å². The minimum absolute atomic E-state index is 0.471. The summed E-state index contributed by atoms with van der Waals surface area (Å²) in [6.07, 6.45) is 10.1. The van der Waals surface area contributed by atoms with Crippen LogP contribution in [0.2, 0.25) is 0 Å². The van der Waals surface area contributed by atoms with Crippen LogP contribution in [0.1, 0.15) is 18.9 Å². The molecule has 0 aliphatic carbocycles. The van der Waals surface area contributed by atoms with Gasteiger partial charge in [-0.05, 0) is 18.9 Å². The van der Waals surface area contributed by atoms with Gasteiger partial charge in [0.25, 0.3) is 0 Å². The molecule has 0 spiro atoms. The molecule has 0 saturated heterocycles. The van der Waals surface area contributed by atoms with E-state index in [4.69, 9.17) is 0 Å². The summed E-state index contributed by atoms with van der Waals surface area (Å²) in [5, 5.41) is 0. The van der Waals surface area contributed by atoms with Crippen molar-refractivity contribution in [1.82, 2.24) is 4.90 Å². The summed E-state index contributed by atoms with van der Waals surface area (Å²) in [5.41, 5.74) is 1.40. The Morgan fingerprint density at radius 3 is 2.88 bits per heavy atom. The molecule has 0 radical (unpaired) electrons. The number of allylic oxidation sites excluding steroid dienone is 1. The first-order valence-corrected chi connectivity index (χ1v) is 5.97. The van der Waals surface area contributed by atoms with Crippen LogP contribution in [0.15, 0.2) is 54.6 Å². The topological polar surface area (TPSA) is 3.24 Å². The molecule has 1 aromatic rings. The van der Waals surface area contributed by atoms with E-state index in [1.165, 1.54) is 12.0 Å². The Labute approximate surface area is 98.1 Å². The van der Waals surface area contributed by atoms with Crippen molar-refractivity contribution < 1.29 is 0 Å². The van der Waals surface area contributed by atoms with Crippen LogP contribution in [0, 0.1) is 0 Å². The van der Waals surface area contributed by atoms with Gasteiger partial charge in [0.2, 0.25) is 0 Å². The fraction of sp³-hybridized carbons (Fsp3) is 0.333. The molecule has 0 bridgehead atoms. The molecular weight excluding hydrogens is 194 g/mol. The van der Waals surface area contributed by atoms with Gasteiger partial charge in [-0.15, -0.1) is 0 Å². The Morgan fingerprint density at radius 2 is 2.12 bits per heavy atom. The van der Waals surface area contributed by atoms with Gasteiger partial charge in [0.05, 0.1) is 0 Å². The van der Waals surface area contributed by atoms with Gasteiger partial charge in [0, 0.05) is 19.1 Å². The molecular formula is C15H19N. The van der Waals surface area contributed by atoms with Crippen molar-refractivity contribution in [3.63, 3.8) is 0 Å². The highest BCUT2D eigenvalue weighted by Gasteiger charge is 2.15. The number of benzene rings is 1. The van der Waals surface area contributed by atoms with Crippen LogP contribution in [-0.4, -0.2) is 17.5 Å². The first kappa shape index (κ1) is 11.2. The lowest BCUT2D eigenvalue weighted by Crippen LogP contribution is -2.34. The van der Waals surface area contributed by atoms with E-state index in [2.05, 4.69) is 66.5 Å². The molecule has 1 heterocycles. The van der Waals surface area contributed by atoms with Crippen molar-refractivity contribution in [3.05, 3.63) is 60.2 Å². The zero-order valence-electron chi connectivity index (χ0n) is 9.84. The molecule has 1 aliphatic rings. The maximum atomic E-state index is 2.51. The van der Waals surface area contributed by atoms with Crippen LogP contribution in [0.3, 0.4) is 0 Å². The van der Waals surface area contributed by atoms with Crippen molar-refractivity contribution in [2.75, 3.05) is 6.54 Å². The summed E-state index contributed by atoms with van der Waals surface area (Å²) in [4.78, 5) is 2.51. The zero-order valence-corrected chi connectivity index (χ0v) is 9.84. The third-order valence-corrected chi connectivity index (χ3v) is 2.96. The van der Waals surface area contributed by atoms with E-state index in [0.717, 1.165) is 13.1 Å². The number of nitrogens with zero attached hydrogens (tertiary/aromatic N) is 1. The van der Waals surface area contributed by atoms with E-state index in [9.17, 15) is 0 Å². The zero-order chi connectivity index (χ0) is 11.2. The lowest BCUT2D eigenvalue weighted by Gasteiger charge is -2.30. The fourth-order valence-electron chi connectivity index (χ4n) is 2.13. The average Bonchev–Trinajstić information content (AvgIpc) is 2.33. The van der Waals surface area contributed by atoms with Crippen LogP contribution < -0.4 is 0 Å². The third kappa shape index (κ3) is 2.83. The first-order valence-electron chi connectivity index (χ1n) is 5.97. The summed E-state index contributed by atoms with van der Waals surface area (Å²) >= 11 is 0. The molecule has 2 rings (SSSR count). The Balaban J connectivity index is 2.05. The van der Waals surface area contributed by atoms with Crippen molar-refractivity contribution in [3.8, 4) is 0 Å². The molecule has 1 aliphatic heterocycles. The molecule has 0 saturated carbocycles. The highest BCUT2D eigenvalue weighted by molar-refractivity contribution is 5.17. The smallest absolute Gasteiger partial charge is 0.0465 e. The SMILES string of the molecule is C/C=C/[C@@H]1C=CCCN1Cc1ccccc1. The molecule has 1 aromatic carbocycles. The summed E-state index contributed by atoms with van der Waals surface area (Å²) in [6.45, 7) is 4.28. The highest BCUT2D eigenvalue weighted by atomic mass is 15.1. The van der Waals surface area contributed by atoms with Gasteiger partial charge >= 0.3 is 0 Å². The van der Waals surface area contributed by atoms with Crippen LogP contribution in [0.4, 0.5) is 0 Å². The maximum Gasteiger partial charge on any atom is 0.0465 e. The van der Waals surface area contributed by atoms with E-state index in [1.54, 1.807) is 0 Å². The molecule has 84 valence electrons. The Morgan fingerprint density at radius 1 is 1.31 bits per heavy atom. The van der Waals surface area contributed by atoms with Crippen LogP contribution in [0.25, 0.3) is 0 Å². The summed E-state index contributed by atoms with van der Waals surface area (Å²) < 4.78 is 0. The predicted octanol–water partition coefficient (Wildman–Crippen LogP) is 3.39. The second kappa shape index (κ2) is 5.66. The lowest BCUT2D eigenvalue weighted by molar-refractivity contribution is 0.245. The standard InChI is InChI=1S/C15H19N/c1-2-8-15-11-6-7-12-16(15)13-14-9-4-3-5-10-14/h2-6,8-11,15H,7,12-13H2,1H3/b8-2+/t15-/m1/s1. The first-order chi connectivity index (χ1) is 7.90.